The van der Waals surface area contributed by atoms with Gasteiger partial charge in [-0.3, -0.25) is 4.21 Å². The normalized spacial score (nSPS) is 12.4. The number of rotatable bonds is 3. The van der Waals surface area contributed by atoms with Crippen LogP contribution in [0.1, 0.15) is 11.1 Å². The summed E-state index contributed by atoms with van der Waals surface area (Å²) in [5.41, 5.74) is 8.19. The van der Waals surface area contributed by atoms with Crippen molar-refractivity contribution >= 4 is 44.0 Å². The van der Waals surface area contributed by atoms with Gasteiger partial charge in [-0.1, -0.05) is 33.6 Å². The first-order valence-electron chi connectivity index (χ1n) is 5.66. The Morgan fingerprint density at radius 3 is 2.63 bits per heavy atom. The molecule has 2 nitrogen and oxygen atoms in total. The molecule has 100 valence electrons. The maximum absolute atomic E-state index is 12.4. The molecule has 0 spiro atoms. The summed E-state index contributed by atoms with van der Waals surface area (Å²) in [6, 6.07) is 11.0. The molecule has 0 aliphatic heterocycles. The van der Waals surface area contributed by atoms with E-state index in [4.69, 9.17) is 17.3 Å². The van der Waals surface area contributed by atoms with Gasteiger partial charge in [0.1, 0.15) is 0 Å². The van der Waals surface area contributed by atoms with Crippen LogP contribution in [0.25, 0.3) is 0 Å². The van der Waals surface area contributed by atoms with Crippen molar-refractivity contribution < 1.29 is 4.21 Å². The fourth-order valence-electron chi connectivity index (χ4n) is 1.79. The molecule has 2 rings (SSSR count). The first-order chi connectivity index (χ1) is 8.97. The van der Waals surface area contributed by atoms with E-state index in [2.05, 4.69) is 15.9 Å². The predicted octanol–water partition coefficient (Wildman–Crippen LogP) is 4.30. The molecular weight excluding hydrogens is 346 g/mol. The number of benzene rings is 2. The smallest absolute Gasteiger partial charge is 0.0577 e. The van der Waals surface area contributed by atoms with E-state index in [1.165, 1.54) is 0 Å². The number of hydrogen-bond donors (Lipinski definition) is 1. The molecule has 0 aromatic heterocycles. The van der Waals surface area contributed by atoms with Gasteiger partial charge in [0, 0.05) is 20.1 Å². The van der Waals surface area contributed by atoms with E-state index >= 15 is 0 Å². The SMILES string of the molecule is Cc1cc(N)ccc1S(=O)Cc1ccc(Br)cc1Cl. The third-order valence-corrected chi connectivity index (χ3v) is 5.11. The van der Waals surface area contributed by atoms with E-state index in [-0.39, 0.29) is 0 Å². The van der Waals surface area contributed by atoms with Crippen LogP contribution in [0.15, 0.2) is 45.8 Å². The van der Waals surface area contributed by atoms with Gasteiger partial charge in [-0.15, -0.1) is 0 Å². The van der Waals surface area contributed by atoms with Crippen molar-refractivity contribution in [3.8, 4) is 0 Å². The third kappa shape index (κ3) is 3.59. The molecule has 0 amide bonds. The Hall–Kier alpha value is -0.840. The van der Waals surface area contributed by atoms with Crippen LogP contribution in [0.3, 0.4) is 0 Å². The molecule has 1 atom stereocenters. The molecule has 5 heteroatoms. The minimum Gasteiger partial charge on any atom is -0.399 e. The quantitative estimate of drug-likeness (QED) is 0.831. The van der Waals surface area contributed by atoms with Crippen molar-refractivity contribution in [2.24, 2.45) is 0 Å². The molecule has 0 fully saturated rings. The van der Waals surface area contributed by atoms with Gasteiger partial charge in [0.15, 0.2) is 0 Å². The fraction of sp³-hybridized carbons (Fsp3) is 0.143. The van der Waals surface area contributed by atoms with Crippen LogP contribution in [-0.2, 0) is 16.6 Å². The number of anilines is 1. The highest BCUT2D eigenvalue weighted by atomic mass is 79.9. The lowest BCUT2D eigenvalue weighted by Crippen LogP contribution is -2.00. The van der Waals surface area contributed by atoms with Crippen molar-refractivity contribution in [2.45, 2.75) is 17.6 Å². The number of aryl methyl sites for hydroxylation is 1. The molecule has 0 radical (unpaired) electrons. The average Bonchev–Trinajstić information content (AvgIpc) is 2.32. The largest absolute Gasteiger partial charge is 0.399 e. The van der Waals surface area contributed by atoms with Crippen LogP contribution < -0.4 is 5.73 Å². The number of nitrogen functional groups attached to an aromatic ring is 1. The van der Waals surface area contributed by atoms with Gasteiger partial charge in [0.2, 0.25) is 0 Å². The standard InChI is InChI=1S/C14H13BrClNOS/c1-9-6-12(17)4-5-14(9)19(18)8-10-2-3-11(15)7-13(10)16/h2-7H,8,17H2,1H3. The molecule has 2 N–H and O–H groups in total. The van der Waals surface area contributed by atoms with E-state index < -0.39 is 10.8 Å². The highest BCUT2D eigenvalue weighted by Crippen LogP contribution is 2.25. The second-order valence-corrected chi connectivity index (χ2v) is 6.99. The van der Waals surface area contributed by atoms with Gasteiger partial charge >= 0.3 is 0 Å². The van der Waals surface area contributed by atoms with Crippen LogP contribution in [0.4, 0.5) is 5.69 Å². The van der Waals surface area contributed by atoms with Gasteiger partial charge in [0.05, 0.1) is 16.6 Å². The molecule has 0 aliphatic rings. The molecule has 2 aromatic carbocycles. The molecule has 2 aromatic rings. The molecule has 0 bridgehead atoms. The average molecular weight is 359 g/mol. The summed E-state index contributed by atoms with van der Waals surface area (Å²) in [7, 11) is -1.13. The maximum Gasteiger partial charge on any atom is 0.0577 e. The van der Waals surface area contributed by atoms with E-state index in [9.17, 15) is 4.21 Å². The number of nitrogens with two attached hydrogens (primary N) is 1. The summed E-state index contributed by atoms with van der Waals surface area (Å²) in [5.74, 6) is 0.400. The second kappa shape index (κ2) is 6.07. The monoisotopic (exact) mass is 357 g/mol. The minimum absolute atomic E-state index is 0.400. The van der Waals surface area contributed by atoms with Gasteiger partial charge in [-0.25, -0.2) is 0 Å². The Balaban J connectivity index is 2.25. The van der Waals surface area contributed by atoms with Gasteiger partial charge in [-0.05, 0) is 48.4 Å². The van der Waals surface area contributed by atoms with Crippen LogP contribution in [-0.4, -0.2) is 4.21 Å². The van der Waals surface area contributed by atoms with E-state index in [0.717, 1.165) is 20.5 Å². The molecular formula is C14H13BrClNOS. The topological polar surface area (TPSA) is 43.1 Å². The van der Waals surface area contributed by atoms with Crippen molar-refractivity contribution in [3.05, 3.63) is 57.0 Å². The molecule has 19 heavy (non-hydrogen) atoms. The Morgan fingerprint density at radius 2 is 2.00 bits per heavy atom. The predicted molar refractivity (Wildman–Crippen MR) is 84.9 cm³/mol. The number of halogens is 2. The molecule has 0 aliphatic carbocycles. The zero-order chi connectivity index (χ0) is 14.0. The first-order valence-corrected chi connectivity index (χ1v) is 8.15. The van der Waals surface area contributed by atoms with Gasteiger partial charge < -0.3 is 5.73 Å². The third-order valence-electron chi connectivity index (χ3n) is 2.75. The van der Waals surface area contributed by atoms with Crippen molar-refractivity contribution in [1.82, 2.24) is 0 Å². The van der Waals surface area contributed by atoms with Crippen molar-refractivity contribution in [1.29, 1.82) is 0 Å². The van der Waals surface area contributed by atoms with Crippen molar-refractivity contribution in [2.75, 3.05) is 5.73 Å². The summed E-state index contributed by atoms with van der Waals surface area (Å²) in [6.45, 7) is 1.91. The minimum atomic E-state index is -1.13. The zero-order valence-corrected chi connectivity index (χ0v) is 13.5. The van der Waals surface area contributed by atoms with Crippen LogP contribution >= 0.6 is 27.5 Å². The fourth-order valence-corrected chi connectivity index (χ4v) is 3.93. The van der Waals surface area contributed by atoms with Crippen molar-refractivity contribution in [3.63, 3.8) is 0 Å². The lowest BCUT2D eigenvalue weighted by atomic mass is 10.2. The van der Waals surface area contributed by atoms with E-state index in [0.29, 0.717) is 16.5 Å². The lowest BCUT2D eigenvalue weighted by Gasteiger charge is -2.08. The van der Waals surface area contributed by atoms with Crippen LogP contribution in [0.2, 0.25) is 5.02 Å². The highest BCUT2D eigenvalue weighted by molar-refractivity contribution is 9.10. The van der Waals surface area contributed by atoms with Gasteiger partial charge in [0.25, 0.3) is 0 Å². The first kappa shape index (κ1) is 14.6. The second-order valence-electron chi connectivity index (χ2n) is 4.25. The molecule has 1 unspecified atom stereocenters. The summed E-state index contributed by atoms with van der Waals surface area (Å²) in [5, 5.41) is 0.621. The van der Waals surface area contributed by atoms with Crippen LogP contribution in [0, 0.1) is 6.92 Å². The Morgan fingerprint density at radius 1 is 1.26 bits per heavy atom. The summed E-state index contributed by atoms with van der Waals surface area (Å²) < 4.78 is 13.3. The van der Waals surface area contributed by atoms with Gasteiger partial charge in [-0.2, -0.15) is 0 Å². The zero-order valence-electron chi connectivity index (χ0n) is 10.3. The summed E-state index contributed by atoms with van der Waals surface area (Å²) >= 11 is 9.49. The molecule has 0 saturated heterocycles. The van der Waals surface area contributed by atoms with E-state index in [1.807, 2.05) is 37.3 Å². The lowest BCUT2D eigenvalue weighted by molar-refractivity contribution is 0.682. The Kier molecular flexibility index (Phi) is 4.66. The number of hydrogen-bond acceptors (Lipinski definition) is 2. The highest BCUT2D eigenvalue weighted by Gasteiger charge is 2.11. The Labute approximate surface area is 128 Å². The molecule has 0 saturated carbocycles. The van der Waals surface area contributed by atoms with E-state index in [1.54, 1.807) is 6.07 Å². The molecule has 0 heterocycles. The summed E-state index contributed by atoms with van der Waals surface area (Å²) in [6.07, 6.45) is 0. The summed E-state index contributed by atoms with van der Waals surface area (Å²) in [4.78, 5) is 0.799. The Bertz CT molecular complexity index is 645. The maximum atomic E-state index is 12.4. The van der Waals surface area contributed by atoms with Crippen LogP contribution in [0.5, 0.6) is 0 Å².